The van der Waals surface area contributed by atoms with E-state index in [1.54, 1.807) is 6.92 Å². The first-order chi connectivity index (χ1) is 15.1. The Morgan fingerprint density at radius 3 is 2.38 bits per heavy atom. The Balaban J connectivity index is 1.47. The quantitative estimate of drug-likeness (QED) is 0.306. The summed E-state index contributed by atoms with van der Waals surface area (Å²) in [5.74, 6) is 5.58. The van der Waals surface area contributed by atoms with Gasteiger partial charge in [-0.15, -0.1) is 0 Å². The summed E-state index contributed by atoms with van der Waals surface area (Å²) >= 11 is 0. The Kier molecular flexibility index (Phi) is 6.92. The predicted molar refractivity (Wildman–Crippen MR) is 133 cm³/mol. The number of carbonyl (C=O) groups excluding carboxylic acids is 1. The van der Waals surface area contributed by atoms with Gasteiger partial charge in [-0.2, -0.15) is 0 Å². The zero-order valence-electron chi connectivity index (χ0n) is 22.1. The third-order valence-electron chi connectivity index (χ3n) is 11.3. The number of allylic oxidation sites excluding steroid dienone is 2. The van der Waals surface area contributed by atoms with Crippen molar-refractivity contribution in [2.75, 3.05) is 0 Å². The van der Waals surface area contributed by atoms with E-state index in [0.29, 0.717) is 16.7 Å². The van der Waals surface area contributed by atoms with Crippen LogP contribution in [0.3, 0.4) is 0 Å². The SMILES string of the molecule is CC(=O)O[C@@H]1CC[C@]2(C)[C@@H](CC=C3[C@H]2CC[C@]2(C)[C@@H]3CC[C@@H]2[C@H](C)CC[C@H](C)C(C)C)C1. The van der Waals surface area contributed by atoms with Gasteiger partial charge in [0.15, 0.2) is 0 Å². The van der Waals surface area contributed by atoms with Gasteiger partial charge in [-0.05, 0) is 104 Å². The molecule has 182 valence electrons. The molecule has 4 aliphatic rings. The molecular weight excluding hydrogens is 392 g/mol. The van der Waals surface area contributed by atoms with E-state index in [9.17, 15) is 4.79 Å². The number of esters is 1. The monoisotopic (exact) mass is 442 g/mol. The molecular formula is C30H50O2. The van der Waals surface area contributed by atoms with Crippen LogP contribution in [0.4, 0.5) is 0 Å². The number of rotatable bonds is 6. The van der Waals surface area contributed by atoms with Gasteiger partial charge in [0.1, 0.15) is 6.10 Å². The number of hydrogen-bond donors (Lipinski definition) is 0. The van der Waals surface area contributed by atoms with Crippen LogP contribution >= 0.6 is 0 Å². The Labute approximate surface area is 198 Å². The van der Waals surface area contributed by atoms with Crippen LogP contribution in [-0.4, -0.2) is 12.1 Å². The van der Waals surface area contributed by atoms with E-state index in [4.69, 9.17) is 4.74 Å². The molecule has 0 amide bonds. The topological polar surface area (TPSA) is 26.3 Å². The molecule has 3 fully saturated rings. The Hall–Kier alpha value is -0.790. The number of fused-ring (bicyclic) bond motifs is 5. The fourth-order valence-electron chi connectivity index (χ4n) is 8.85. The molecule has 0 bridgehead atoms. The number of ether oxygens (including phenoxy) is 1. The highest BCUT2D eigenvalue weighted by Gasteiger charge is 2.58. The van der Waals surface area contributed by atoms with Gasteiger partial charge in [-0.25, -0.2) is 0 Å². The normalized spacial score (nSPS) is 43.0. The molecule has 0 N–H and O–H groups in total. The maximum absolute atomic E-state index is 11.5. The van der Waals surface area contributed by atoms with Gasteiger partial charge in [-0.1, -0.05) is 66.0 Å². The summed E-state index contributed by atoms with van der Waals surface area (Å²) in [6, 6.07) is 0. The molecule has 0 aliphatic heterocycles. The van der Waals surface area contributed by atoms with E-state index in [-0.39, 0.29) is 12.1 Å². The minimum atomic E-state index is -0.104. The summed E-state index contributed by atoms with van der Waals surface area (Å²) in [6.07, 6.45) is 15.9. The first-order valence-corrected chi connectivity index (χ1v) is 13.9. The zero-order chi connectivity index (χ0) is 23.3. The van der Waals surface area contributed by atoms with Gasteiger partial charge in [0, 0.05) is 6.92 Å². The van der Waals surface area contributed by atoms with Crippen molar-refractivity contribution in [3.05, 3.63) is 11.6 Å². The summed E-state index contributed by atoms with van der Waals surface area (Å²) in [5.41, 5.74) is 2.79. The largest absolute Gasteiger partial charge is 0.463 e. The first-order valence-electron chi connectivity index (χ1n) is 13.9. The van der Waals surface area contributed by atoms with Crippen molar-refractivity contribution in [2.24, 2.45) is 52.3 Å². The predicted octanol–water partition coefficient (Wildman–Crippen LogP) is 8.21. The fraction of sp³-hybridized carbons (Fsp3) is 0.900. The molecule has 0 aromatic rings. The van der Waals surface area contributed by atoms with E-state index < -0.39 is 0 Å². The highest BCUT2D eigenvalue weighted by Crippen LogP contribution is 2.67. The second kappa shape index (κ2) is 9.10. The van der Waals surface area contributed by atoms with Crippen molar-refractivity contribution in [3.8, 4) is 0 Å². The number of carbonyl (C=O) groups is 1. The fourth-order valence-corrected chi connectivity index (χ4v) is 8.85. The summed E-state index contributed by atoms with van der Waals surface area (Å²) in [6.45, 7) is 16.6. The summed E-state index contributed by atoms with van der Waals surface area (Å²) < 4.78 is 5.64. The smallest absolute Gasteiger partial charge is 0.302 e. The van der Waals surface area contributed by atoms with Gasteiger partial charge < -0.3 is 4.74 Å². The molecule has 0 heterocycles. The second-order valence-corrected chi connectivity index (χ2v) is 13.3. The molecule has 4 aliphatic carbocycles. The highest BCUT2D eigenvalue weighted by atomic mass is 16.5. The Morgan fingerprint density at radius 2 is 1.69 bits per heavy atom. The third kappa shape index (κ3) is 4.22. The van der Waals surface area contributed by atoms with Gasteiger partial charge in [0.25, 0.3) is 0 Å². The van der Waals surface area contributed by atoms with E-state index in [1.165, 1.54) is 51.4 Å². The minimum absolute atomic E-state index is 0.104. The summed E-state index contributed by atoms with van der Waals surface area (Å²) in [4.78, 5) is 11.5. The van der Waals surface area contributed by atoms with Crippen LogP contribution in [-0.2, 0) is 9.53 Å². The van der Waals surface area contributed by atoms with Crippen LogP contribution in [0.25, 0.3) is 0 Å². The van der Waals surface area contributed by atoms with Gasteiger partial charge in [0.2, 0.25) is 0 Å². The van der Waals surface area contributed by atoms with E-state index in [0.717, 1.165) is 48.3 Å². The molecule has 0 spiro atoms. The molecule has 9 atom stereocenters. The van der Waals surface area contributed by atoms with Crippen LogP contribution in [0, 0.1) is 52.3 Å². The van der Waals surface area contributed by atoms with Gasteiger partial charge in [-0.3, -0.25) is 4.79 Å². The maximum atomic E-state index is 11.5. The van der Waals surface area contributed by atoms with Crippen molar-refractivity contribution in [3.63, 3.8) is 0 Å². The lowest BCUT2D eigenvalue weighted by Crippen LogP contribution is -2.50. The van der Waals surface area contributed by atoms with Crippen LogP contribution in [0.15, 0.2) is 11.6 Å². The van der Waals surface area contributed by atoms with Crippen LogP contribution in [0.2, 0.25) is 0 Å². The molecule has 0 radical (unpaired) electrons. The summed E-state index contributed by atoms with van der Waals surface area (Å²) in [7, 11) is 0. The van der Waals surface area contributed by atoms with Crippen molar-refractivity contribution < 1.29 is 9.53 Å². The van der Waals surface area contributed by atoms with Crippen LogP contribution < -0.4 is 0 Å². The van der Waals surface area contributed by atoms with E-state index in [1.807, 2.05) is 5.57 Å². The standard InChI is InChI=1S/C30H50O2/c1-19(2)20(3)8-9-21(4)26-12-13-27-25-11-10-23-18-24(32-22(5)31)14-16-29(23,6)28(25)15-17-30(26,27)7/h11,19-21,23-24,26-28H,8-10,12-18H2,1-7H3/t20-,21+,23-,24+,26+,27+,28+,29+,30-/m0/s1. The minimum Gasteiger partial charge on any atom is -0.463 e. The van der Waals surface area contributed by atoms with Crippen molar-refractivity contribution >= 4 is 5.97 Å². The zero-order valence-corrected chi connectivity index (χ0v) is 22.1. The Bertz CT molecular complexity index is 722. The molecule has 4 rings (SSSR count). The lowest BCUT2D eigenvalue weighted by atomic mass is 9.47. The van der Waals surface area contributed by atoms with Crippen molar-refractivity contribution in [1.82, 2.24) is 0 Å². The van der Waals surface area contributed by atoms with Gasteiger partial charge in [0.05, 0.1) is 0 Å². The lowest BCUT2D eigenvalue weighted by molar-refractivity contribution is -0.152. The molecule has 2 nitrogen and oxygen atoms in total. The molecule has 2 heteroatoms. The molecule has 32 heavy (non-hydrogen) atoms. The maximum Gasteiger partial charge on any atom is 0.302 e. The van der Waals surface area contributed by atoms with Gasteiger partial charge >= 0.3 is 5.97 Å². The highest BCUT2D eigenvalue weighted by molar-refractivity contribution is 5.66. The molecule has 0 unspecified atom stereocenters. The molecule has 0 aromatic carbocycles. The molecule has 0 saturated heterocycles. The molecule has 3 saturated carbocycles. The first kappa shape index (κ1) is 24.3. The van der Waals surface area contributed by atoms with E-state index >= 15 is 0 Å². The van der Waals surface area contributed by atoms with Crippen molar-refractivity contribution in [2.45, 2.75) is 119 Å². The van der Waals surface area contributed by atoms with Crippen LogP contribution in [0.1, 0.15) is 113 Å². The average molecular weight is 443 g/mol. The van der Waals surface area contributed by atoms with E-state index in [2.05, 4.69) is 47.6 Å². The average Bonchev–Trinajstić information content (AvgIpc) is 3.08. The third-order valence-corrected chi connectivity index (χ3v) is 11.3. The number of hydrogen-bond acceptors (Lipinski definition) is 2. The summed E-state index contributed by atoms with van der Waals surface area (Å²) in [5, 5.41) is 0. The lowest BCUT2D eigenvalue weighted by Gasteiger charge is -2.58. The van der Waals surface area contributed by atoms with Crippen molar-refractivity contribution in [1.29, 1.82) is 0 Å². The second-order valence-electron chi connectivity index (χ2n) is 13.3. The van der Waals surface area contributed by atoms with Crippen LogP contribution in [0.5, 0.6) is 0 Å². The molecule has 0 aromatic heterocycles. The Morgan fingerprint density at radius 1 is 1.00 bits per heavy atom.